The summed E-state index contributed by atoms with van der Waals surface area (Å²) in [4.78, 5) is 16.3. The molecule has 0 fully saturated rings. The normalized spacial score (nSPS) is 10.6. The van der Waals surface area contributed by atoms with Crippen molar-refractivity contribution in [3.63, 3.8) is 0 Å². The Morgan fingerprint density at radius 2 is 2.23 bits per heavy atom. The quantitative estimate of drug-likeness (QED) is 0.774. The number of furan rings is 1. The van der Waals surface area contributed by atoms with Crippen LogP contribution in [-0.4, -0.2) is 20.7 Å². The van der Waals surface area contributed by atoms with Crippen molar-refractivity contribution in [3.8, 4) is 0 Å². The topological polar surface area (TPSA) is 73.0 Å². The third-order valence-electron chi connectivity index (χ3n) is 2.93. The van der Waals surface area contributed by atoms with E-state index in [1.165, 1.54) is 0 Å². The minimum absolute atomic E-state index is 0.240. The second-order valence-electron chi connectivity index (χ2n) is 4.74. The zero-order valence-electron chi connectivity index (χ0n) is 11.8. The maximum Gasteiger partial charge on any atom is 0.292 e. The fraction of sp³-hybridized carbons (Fsp3) is 0.133. The van der Waals surface area contributed by atoms with Gasteiger partial charge in [0.05, 0.1) is 17.2 Å². The van der Waals surface area contributed by atoms with Crippen LogP contribution in [-0.2, 0) is 6.54 Å². The van der Waals surface area contributed by atoms with Gasteiger partial charge in [0.25, 0.3) is 5.91 Å². The zero-order valence-corrected chi connectivity index (χ0v) is 13.4. The van der Waals surface area contributed by atoms with Crippen LogP contribution < -0.4 is 5.32 Å². The monoisotopic (exact) mass is 360 g/mol. The molecule has 7 heteroatoms. The second-order valence-corrected chi connectivity index (χ2v) is 5.66. The number of aromatic nitrogens is 3. The number of pyridine rings is 1. The van der Waals surface area contributed by atoms with E-state index in [0.717, 1.165) is 10.2 Å². The summed E-state index contributed by atoms with van der Waals surface area (Å²) >= 11 is 3.33. The fourth-order valence-corrected chi connectivity index (χ4v) is 2.29. The molecule has 3 rings (SSSR count). The van der Waals surface area contributed by atoms with Crippen molar-refractivity contribution in [2.75, 3.05) is 5.32 Å². The lowest BCUT2D eigenvalue weighted by Crippen LogP contribution is -2.12. The first-order valence-electron chi connectivity index (χ1n) is 6.62. The highest BCUT2D eigenvalue weighted by Crippen LogP contribution is 2.13. The first-order chi connectivity index (χ1) is 10.6. The van der Waals surface area contributed by atoms with Crippen molar-refractivity contribution in [3.05, 3.63) is 64.4 Å². The van der Waals surface area contributed by atoms with Crippen molar-refractivity contribution < 1.29 is 9.21 Å². The molecule has 0 radical (unpaired) electrons. The summed E-state index contributed by atoms with van der Waals surface area (Å²) in [5, 5.41) is 6.85. The first-order valence-corrected chi connectivity index (χ1v) is 7.41. The zero-order chi connectivity index (χ0) is 15.5. The second kappa shape index (κ2) is 6.15. The molecule has 0 atom stereocenters. The largest absolute Gasteiger partial charge is 0.454 e. The number of aryl methyl sites for hydroxylation is 1. The Hall–Kier alpha value is -2.41. The van der Waals surface area contributed by atoms with E-state index in [1.807, 2.05) is 25.3 Å². The molecule has 0 aliphatic heterocycles. The van der Waals surface area contributed by atoms with E-state index in [1.54, 1.807) is 29.1 Å². The third-order valence-corrected chi connectivity index (χ3v) is 3.34. The Morgan fingerprint density at radius 3 is 2.95 bits per heavy atom. The van der Waals surface area contributed by atoms with Gasteiger partial charge in [0.2, 0.25) is 0 Å². The van der Waals surface area contributed by atoms with E-state index in [4.69, 9.17) is 4.42 Å². The van der Waals surface area contributed by atoms with E-state index in [9.17, 15) is 4.79 Å². The molecule has 0 saturated carbocycles. The van der Waals surface area contributed by atoms with Crippen LogP contribution in [0.5, 0.6) is 0 Å². The summed E-state index contributed by atoms with van der Waals surface area (Å²) in [7, 11) is 0. The van der Waals surface area contributed by atoms with Gasteiger partial charge < -0.3 is 9.73 Å². The maximum absolute atomic E-state index is 12.1. The van der Waals surface area contributed by atoms with E-state index in [0.29, 0.717) is 18.1 Å². The van der Waals surface area contributed by atoms with Crippen LogP contribution in [0.1, 0.15) is 22.0 Å². The summed E-state index contributed by atoms with van der Waals surface area (Å²) < 4.78 is 8.15. The highest BCUT2D eigenvalue weighted by atomic mass is 79.9. The lowest BCUT2D eigenvalue weighted by atomic mass is 10.3. The van der Waals surface area contributed by atoms with Gasteiger partial charge >= 0.3 is 0 Å². The lowest BCUT2D eigenvalue weighted by Gasteiger charge is -2.03. The number of anilines is 1. The van der Waals surface area contributed by atoms with Gasteiger partial charge in [-0.25, -0.2) is 4.98 Å². The van der Waals surface area contributed by atoms with E-state index in [-0.39, 0.29) is 11.7 Å². The summed E-state index contributed by atoms with van der Waals surface area (Å²) in [6.07, 6.45) is 3.53. The molecule has 1 amide bonds. The predicted octanol–water partition coefficient (Wildman–Crippen LogP) is 3.24. The number of carbonyl (C=O) groups is 1. The van der Waals surface area contributed by atoms with Crippen molar-refractivity contribution >= 4 is 27.7 Å². The average Bonchev–Trinajstić information content (AvgIpc) is 3.09. The van der Waals surface area contributed by atoms with Crippen LogP contribution in [0.25, 0.3) is 0 Å². The third kappa shape index (κ3) is 3.43. The van der Waals surface area contributed by atoms with Crippen LogP contribution >= 0.6 is 15.9 Å². The van der Waals surface area contributed by atoms with Crippen molar-refractivity contribution in [1.29, 1.82) is 0 Å². The number of carbonyl (C=O) groups excluding carboxylic acids is 1. The molecule has 1 N–H and O–H groups in total. The van der Waals surface area contributed by atoms with Gasteiger partial charge in [-0.2, -0.15) is 5.10 Å². The molecule has 0 saturated heterocycles. The van der Waals surface area contributed by atoms with Gasteiger partial charge in [-0.3, -0.25) is 9.48 Å². The molecule has 112 valence electrons. The van der Waals surface area contributed by atoms with Crippen LogP contribution in [0.4, 0.5) is 5.82 Å². The SMILES string of the molecule is Cc1cccc(NC(=O)c2ccc(Cn3cc(Br)cn3)o2)n1. The molecule has 6 nitrogen and oxygen atoms in total. The van der Waals surface area contributed by atoms with Crippen molar-refractivity contribution in [2.45, 2.75) is 13.5 Å². The van der Waals surface area contributed by atoms with Crippen molar-refractivity contribution in [1.82, 2.24) is 14.8 Å². The molecule has 0 aliphatic carbocycles. The molecule has 3 aromatic rings. The minimum atomic E-state index is -0.328. The number of nitrogens with one attached hydrogen (secondary N) is 1. The lowest BCUT2D eigenvalue weighted by molar-refractivity contribution is 0.0994. The molecule has 3 aromatic heterocycles. The van der Waals surface area contributed by atoms with Gasteiger partial charge in [-0.05, 0) is 47.1 Å². The smallest absolute Gasteiger partial charge is 0.292 e. The van der Waals surface area contributed by atoms with Crippen molar-refractivity contribution in [2.24, 2.45) is 0 Å². The van der Waals surface area contributed by atoms with Gasteiger partial charge in [-0.1, -0.05) is 6.07 Å². The Kier molecular flexibility index (Phi) is 4.06. The maximum atomic E-state index is 12.1. The van der Waals surface area contributed by atoms with E-state index >= 15 is 0 Å². The first kappa shape index (κ1) is 14.5. The summed E-state index contributed by atoms with van der Waals surface area (Å²) in [5.74, 6) is 1.06. The molecule has 0 unspecified atom stereocenters. The molecule has 0 aromatic carbocycles. The summed E-state index contributed by atoms with van der Waals surface area (Å²) in [5.41, 5.74) is 0.835. The molecule has 3 heterocycles. The van der Waals surface area contributed by atoms with Crippen LogP contribution in [0.3, 0.4) is 0 Å². The van der Waals surface area contributed by atoms with Gasteiger partial charge in [-0.15, -0.1) is 0 Å². The highest BCUT2D eigenvalue weighted by molar-refractivity contribution is 9.10. The van der Waals surface area contributed by atoms with E-state index in [2.05, 4.69) is 31.3 Å². The summed E-state index contributed by atoms with van der Waals surface area (Å²) in [6.45, 7) is 2.32. The molecule has 22 heavy (non-hydrogen) atoms. The Morgan fingerprint density at radius 1 is 1.36 bits per heavy atom. The standard InChI is InChI=1S/C15H13BrN4O2/c1-10-3-2-4-14(18-10)19-15(21)13-6-5-12(22-13)9-20-8-11(16)7-17-20/h2-8H,9H2,1H3,(H,18,19,21). The predicted molar refractivity (Wildman–Crippen MR) is 84.7 cm³/mol. The average molecular weight is 361 g/mol. The highest BCUT2D eigenvalue weighted by Gasteiger charge is 2.12. The number of halogens is 1. The molecule has 0 aliphatic rings. The van der Waals surface area contributed by atoms with Crippen LogP contribution in [0, 0.1) is 6.92 Å². The van der Waals surface area contributed by atoms with Gasteiger partial charge in [0, 0.05) is 11.9 Å². The molecular formula is C15H13BrN4O2. The number of amides is 1. The van der Waals surface area contributed by atoms with E-state index < -0.39 is 0 Å². The fourth-order valence-electron chi connectivity index (χ4n) is 1.96. The minimum Gasteiger partial charge on any atom is -0.454 e. The van der Waals surface area contributed by atoms with Crippen LogP contribution in [0.2, 0.25) is 0 Å². The summed E-state index contributed by atoms with van der Waals surface area (Å²) in [6, 6.07) is 8.83. The number of hydrogen-bond acceptors (Lipinski definition) is 4. The van der Waals surface area contributed by atoms with Crippen LogP contribution in [0.15, 0.2) is 51.6 Å². The van der Waals surface area contributed by atoms with Gasteiger partial charge in [0.1, 0.15) is 11.6 Å². The molecular weight excluding hydrogens is 348 g/mol. The number of nitrogens with zero attached hydrogens (tertiary/aromatic N) is 3. The Bertz CT molecular complexity index is 809. The Labute approximate surface area is 135 Å². The number of rotatable bonds is 4. The number of hydrogen-bond donors (Lipinski definition) is 1. The van der Waals surface area contributed by atoms with Gasteiger partial charge in [0.15, 0.2) is 5.76 Å². The Balaban J connectivity index is 1.69. The molecule has 0 spiro atoms. The molecule has 0 bridgehead atoms.